The molecule has 0 unspecified atom stereocenters. The van der Waals surface area contributed by atoms with Gasteiger partial charge in [0.15, 0.2) is 5.82 Å². The van der Waals surface area contributed by atoms with E-state index in [9.17, 15) is 0 Å². The Morgan fingerprint density at radius 3 is 2.72 bits per heavy atom. The number of nitrogens with one attached hydrogen (secondary N) is 2. The van der Waals surface area contributed by atoms with Crippen LogP contribution in [0.2, 0.25) is 0 Å². The van der Waals surface area contributed by atoms with Gasteiger partial charge in [-0.2, -0.15) is 5.10 Å². The predicted octanol–water partition coefficient (Wildman–Crippen LogP) is 5.11. The molecule has 0 aromatic carbocycles. The highest BCUT2D eigenvalue weighted by Gasteiger charge is 2.17. The van der Waals surface area contributed by atoms with Crippen molar-refractivity contribution in [2.45, 2.75) is 6.92 Å². The Morgan fingerprint density at radius 1 is 0.969 bits per heavy atom. The van der Waals surface area contributed by atoms with Gasteiger partial charge in [0.05, 0.1) is 35.3 Å². The lowest BCUT2D eigenvalue weighted by Crippen LogP contribution is -1.88. The second kappa shape index (κ2) is 7.17. The van der Waals surface area contributed by atoms with E-state index in [-0.39, 0.29) is 0 Å². The minimum Gasteiger partial charge on any atom is -0.335 e. The minimum atomic E-state index is 0.661. The van der Waals surface area contributed by atoms with E-state index in [2.05, 4.69) is 53.8 Å². The summed E-state index contributed by atoms with van der Waals surface area (Å²) < 4.78 is 0. The molecule has 32 heavy (non-hydrogen) atoms. The Hall–Kier alpha value is -4.24. The van der Waals surface area contributed by atoms with Gasteiger partial charge >= 0.3 is 0 Å². The monoisotopic (exact) mass is 436 g/mol. The van der Waals surface area contributed by atoms with Crippen molar-refractivity contribution < 1.29 is 0 Å². The van der Waals surface area contributed by atoms with Gasteiger partial charge in [0.25, 0.3) is 0 Å². The molecule has 6 rings (SSSR count). The van der Waals surface area contributed by atoms with E-state index in [0.717, 1.165) is 48.5 Å². The molecule has 0 atom stereocenters. The quantitative estimate of drug-likeness (QED) is 0.397. The van der Waals surface area contributed by atoms with Crippen molar-refractivity contribution in [2.24, 2.45) is 0 Å². The number of aromatic nitrogens is 8. The van der Waals surface area contributed by atoms with E-state index in [1.165, 1.54) is 0 Å². The van der Waals surface area contributed by atoms with Gasteiger partial charge in [-0.1, -0.05) is 6.58 Å². The predicted molar refractivity (Wildman–Crippen MR) is 126 cm³/mol. The summed E-state index contributed by atoms with van der Waals surface area (Å²) in [6, 6.07) is 6.11. The normalized spacial score (nSPS) is 11.4. The molecular weight excluding hydrogens is 420 g/mol. The molecule has 0 spiro atoms. The van der Waals surface area contributed by atoms with Crippen LogP contribution in [-0.4, -0.2) is 40.1 Å². The van der Waals surface area contributed by atoms with E-state index in [1.807, 2.05) is 19.2 Å². The van der Waals surface area contributed by atoms with Crippen molar-refractivity contribution in [2.75, 3.05) is 0 Å². The van der Waals surface area contributed by atoms with Crippen molar-refractivity contribution >= 4 is 38.8 Å². The number of imidazole rings is 1. The third-order valence-electron chi connectivity index (χ3n) is 5.18. The number of hydrogen-bond donors (Lipinski definition) is 2. The van der Waals surface area contributed by atoms with E-state index >= 15 is 0 Å². The minimum absolute atomic E-state index is 0.661. The van der Waals surface area contributed by atoms with Crippen LogP contribution in [0.15, 0.2) is 62.0 Å². The summed E-state index contributed by atoms with van der Waals surface area (Å²) >= 11 is 1.68. The van der Waals surface area contributed by atoms with Crippen molar-refractivity contribution in [3.05, 3.63) is 66.8 Å². The standard InChI is InChI=1S/C23H16N8S/c1-12(2)19-3-4-20(32-19)14-8-25-10-18-21(14)29-23(28-18)22-13-7-15(17-9-24-5-6-26-17)27-11-16(13)30-31-22/h3-11H,1H2,2H3,(H,28,29)(H,30,31). The highest BCUT2D eigenvalue weighted by Crippen LogP contribution is 2.36. The Balaban J connectivity index is 1.49. The van der Waals surface area contributed by atoms with Crippen LogP contribution in [0.5, 0.6) is 0 Å². The van der Waals surface area contributed by atoms with Gasteiger partial charge in [-0.25, -0.2) is 4.98 Å². The smallest absolute Gasteiger partial charge is 0.159 e. The SMILES string of the molecule is C=C(C)c1ccc(-c2cncc3[nH]c(-c4n[nH]c5cnc(-c6cnccn6)cc45)nc23)s1. The number of nitrogens with zero attached hydrogens (tertiary/aromatic N) is 6. The number of H-pyrrole nitrogens is 2. The fourth-order valence-corrected chi connectivity index (χ4v) is 4.55. The lowest BCUT2D eigenvalue weighted by molar-refractivity contribution is 1.10. The first-order chi connectivity index (χ1) is 15.7. The van der Waals surface area contributed by atoms with Gasteiger partial charge in [-0.05, 0) is 30.7 Å². The van der Waals surface area contributed by atoms with Crippen LogP contribution < -0.4 is 0 Å². The van der Waals surface area contributed by atoms with Crippen LogP contribution in [0.1, 0.15) is 11.8 Å². The molecule has 0 aliphatic rings. The zero-order valence-electron chi connectivity index (χ0n) is 17.0. The number of allylic oxidation sites excluding steroid dienone is 1. The summed E-state index contributed by atoms with van der Waals surface area (Å²) in [5, 5.41) is 8.44. The van der Waals surface area contributed by atoms with E-state index < -0.39 is 0 Å². The maximum absolute atomic E-state index is 4.90. The van der Waals surface area contributed by atoms with Crippen molar-refractivity contribution in [1.82, 2.24) is 40.1 Å². The first kappa shape index (κ1) is 18.5. The number of rotatable bonds is 4. The van der Waals surface area contributed by atoms with E-state index in [0.29, 0.717) is 17.2 Å². The highest BCUT2D eigenvalue weighted by molar-refractivity contribution is 7.16. The number of pyridine rings is 2. The fourth-order valence-electron chi connectivity index (χ4n) is 3.61. The molecule has 0 bridgehead atoms. The maximum Gasteiger partial charge on any atom is 0.159 e. The molecule has 0 aliphatic heterocycles. The van der Waals surface area contributed by atoms with E-state index in [4.69, 9.17) is 4.98 Å². The molecule has 6 aromatic heterocycles. The van der Waals surface area contributed by atoms with Crippen LogP contribution in [-0.2, 0) is 0 Å². The molecule has 6 heterocycles. The summed E-state index contributed by atoms with van der Waals surface area (Å²) in [6.07, 6.45) is 10.3. The fraction of sp³-hybridized carbons (Fsp3) is 0.0435. The number of fused-ring (bicyclic) bond motifs is 2. The Bertz CT molecular complexity index is 1610. The molecule has 0 fully saturated rings. The van der Waals surface area contributed by atoms with Gasteiger partial charge < -0.3 is 4.98 Å². The van der Waals surface area contributed by atoms with Crippen molar-refractivity contribution in [3.8, 4) is 33.3 Å². The first-order valence-corrected chi connectivity index (χ1v) is 10.7. The van der Waals surface area contributed by atoms with Gasteiger partial charge in [0, 0.05) is 39.3 Å². The molecule has 0 aliphatic carbocycles. The lowest BCUT2D eigenvalue weighted by atomic mass is 10.2. The molecule has 0 radical (unpaired) electrons. The van der Waals surface area contributed by atoms with Crippen LogP contribution in [0.4, 0.5) is 0 Å². The average molecular weight is 437 g/mol. The van der Waals surface area contributed by atoms with Gasteiger partial charge in [-0.3, -0.25) is 25.0 Å². The molecule has 6 aromatic rings. The Morgan fingerprint density at radius 2 is 1.91 bits per heavy atom. The molecule has 0 saturated carbocycles. The zero-order chi connectivity index (χ0) is 21.7. The lowest BCUT2D eigenvalue weighted by Gasteiger charge is -1.99. The molecule has 2 N–H and O–H groups in total. The van der Waals surface area contributed by atoms with E-state index in [1.54, 1.807) is 42.3 Å². The average Bonchev–Trinajstić information content (AvgIpc) is 3.56. The number of hydrogen-bond acceptors (Lipinski definition) is 7. The molecule has 8 nitrogen and oxygen atoms in total. The van der Waals surface area contributed by atoms with Gasteiger partial charge in [-0.15, -0.1) is 11.3 Å². The van der Waals surface area contributed by atoms with Crippen LogP contribution in [0.25, 0.3) is 60.9 Å². The summed E-state index contributed by atoms with van der Waals surface area (Å²) in [4.78, 5) is 27.9. The number of thiophene rings is 1. The second-order valence-corrected chi connectivity index (χ2v) is 8.47. The third-order valence-corrected chi connectivity index (χ3v) is 6.46. The third kappa shape index (κ3) is 2.98. The highest BCUT2D eigenvalue weighted by atomic mass is 32.1. The topological polar surface area (TPSA) is 109 Å². The van der Waals surface area contributed by atoms with Crippen molar-refractivity contribution in [1.29, 1.82) is 0 Å². The Labute approximate surface area is 186 Å². The zero-order valence-corrected chi connectivity index (χ0v) is 17.8. The molecule has 0 amide bonds. The second-order valence-electron chi connectivity index (χ2n) is 7.39. The van der Waals surface area contributed by atoms with Gasteiger partial charge in [0.2, 0.25) is 0 Å². The molecule has 154 valence electrons. The molecule has 0 saturated heterocycles. The maximum atomic E-state index is 4.90. The summed E-state index contributed by atoms with van der Waals surface area (Å²) in [7, 11) is 0. The molecule has 9 heteroatoms. The largest absolute Gasteiger partial charge is 0.335 e. The van der Waals surface area contributed by atoms with Crippen LogP contribution >= 0.6 is 11.3 Å². The Kier molecular flexibility index (Phi) is 4.15. The van der Waals surface area contributed by atoms with Gasteiger partial charge in [0.1, 0.15) is 16.9 Å². The van der Waals surface area contributed by atoms with Crippen LogP contribution in [0, 0.1) is 0 Å². The first-order valence-electron chi connectivity index (χ1n) is 9.88. The molecular formula is C23H16N8S. The van der Waals surface area contributed by atoms with Crippen LogP contribution in [0.3, 0.4) is 0 Å². The summed E-state index contributed by atoms with van der Waals surface area (Å²) in [5.74, 6) is 0.661. The summed E-state index contributed by atoms with van der Waals surface area (Å²) in [5.41, 5.74) is 6.66. The summed E-state index contributed by atoms with van der Waals surface area (Å²) in [6.45, 7) is 6.05. The number of aromatic amines is 2. The van der Waals surface area contributed by atoms with Crippen molar-refractivity contribution in [3.63, 3.8) is 0 Å².